The molecule has 0 bridgehead atoms. The fraction of sp³-hybridized carbons (Fsp3) is 0.294. The van der Waals surface area contributed by atoms with E-state index >= 15 is 0 Å². The largest absolute Gasteiger partial charge is 0.508 e. The van der Waals surface area contributed by atoms with Gasteiger partial charge in [-0.25, -0.2) is 0 Å². The Morgan fingerprint density at radius 2 is 1.85 bits per heavy atom. The molecule has 0 radical (unpaired) electrons. The van der Waals surface area contributed by atoms with E-state index < -0.39 is 0 Å². The highest BCUT2D eigenvalue weighted by atomic mass is 16.3. The Morgan fingerprint density at radius 3 is 2.50 bits per heavy atom. The third kappa shape index (κ3) is 3.52. The fourth-order valence-corrected chi connectivity index (χ4v) is 2.43. The van der Waals surface area contributed by atoms with Crippen molar-refractivity contribution < 1.29 is 5.11 Å². The molecule has 2 aromatic rings. The van der Waals surface area contributed by atoms with Crippen LogP contribution in [0.25, 0.3) is 0 Å². The lowest BCUT2D eigenvalue weighted by Crippen LogP contribution is -2.27. The number of rotatable bonds is 6. The Morgan fingerprint density at radius 1 is 1.10 bits per heavy atom. The molecular formula is C17H22N2O. The van der Waals surface area contributed by atoms with Crippen LogP contribution in [0.1, 0.15) is 18.0 Å². The van der Waals surface area contributed by atoms with E-state index in [2.05, 4.69) is 41.5 Å². The minimum absolute atomic E-state index is 0.283. The Labute approximate surface area is 120 Å². The second-order valence-corrected chi connectivity index (χ2v) is 4.95. The molecule has 106 valence electrons. The summed E-state index contributed by atoms with van der Waals surface area (Å²) < 4.78 is 0. The van der Waals surface area contributed by atoms with Gasteiger partial charge in [0.05, 0.1) is 6.04 Å². The average Bonchev–Trinajstić information content (AvgIpc) is 2.48. The van der Waals surface area contributed by atoms with E-state index in [4.69, 9.17) is 0 Å². The van der Waals surface area contributed by atoms with Gasteiger partial charge in [0.1, 0.15) is 5.75 Å². The van der Waals surface area contributed by atoms with Crippen LogP contribution in [0.5, 0.6) is 5.75 Å². The molecule has 0 heterocycles. The lowest BCUT2D eigenvalue weighted by molar-refractivity contribution is 0.475. The maximum atomic E-state index is 9.65. The highest BCUT2D eigenvalue weighted by molar-refractivity contribution is 5.51. The lowest BCUT2D eigenvalue weighted by atomic mass is 10.0. The van der Waals surface area contributed by atoms with Gasteiger partial charge in [-0.05, 0) is 37.7 Å². The van der Waals surface area contributed by atoms with Crippen molar-refractivity contribution in [1.29, 1.82) is 0 Å². The molecule has 1 unspecified atom stereocenters. The number of aromatic hydroxyl groups is 1. The second-order valence-electron chi connectivity index (χ2n) is 4.95. The normalized spacial score (nSPS) is 12.1. The summed E-state index contributed by atoms with van der Waals surface area (Å²) in [6.07, 6.45) is 1.01. The lowest BCUT2D eigenvalue weighted by Gasteiger charge is -2.30. The zero-order valence-electron chi connectivity index (χ0n) is 12.1. The summed E-state index contributed by atoms with van der Waals surface area (Å²) in [6, 6.07) is 18.2. The molecule has 0 spiro atoms. The molecule has 2 N–H and O–H groups in total. The maximum absolute atomic E-state index is 9.65. The molecule has 20 heavy (non-hydrogen) atoms. The first kappa shape index (κ1) is 14.4. The third-order valence-electron chi connectivity index (χ3n) is 3.56. The van der Waals surface area contributed by atoms with E-state index in [1.54, 1.807) is 12.1 Å². The minimum atomic E-state index is 0.283. The third-order valence-corrected chi connectivity index (χ3v) is 3.56. The van der Waals surface area contributed by atoms with Crippen molar-refractivity contribution in [2.75, 3.05) is 25.5 Å². The molecule has 2 rings (SSSR count). The van der Waals surface area contributed by atoms with Gasteiger partial charge in [-0.1, -0.05) is 36.4 Å². The van der Waals surface area contributed by atoms with Crippen molar-refractivity contribution in [3.8, 4) is 5.75 Å². The summed E-state index contributed by atoms with van der Waals surface area (Å²) in [4.78, 5) is 2.21. The summed E-state index contributed by atoms with van der Waals surface area (Å²) in [7, 11) is 4.04. The fourth-order valence-electron chi connectivity index (χ4n) is 2.43. The Kier molecular flexibility index (Phi) is 5.02. The van der Waals surface area contributed by atoms with Gasteiger partial charge in [0, 0.05) is 18.8 Å². The van der Waals surface area contributed by atoms with Crippen molar-refractivity contribution in [2.45, 2.75) is 12.5 Å². The molecule has 0 amide bonds. The molecule has 0 aromatic heterocycles. The molecule has 2 aromatic carbocycles. The molecule has 0 saturated heterocycles. The van der Waals surface area contributed by atoms with E-state index in [1.165, 1.54) is 5.56 Å². The van der Waals surface area contributed by atoms with Gasteiger partial charge in [-0.2, -0.15) is 0 Å². The molecular weight excluding hydrogens is 248 g/mol. The molecule has 1 atom stereocenters. The van der Waals surface area contributed by atoms with Gasteiger partial charge in [0.15, 0.2) is 0 Å². The van der Waals surface area contributed by atoms with E-state index in [0.29, 0.717) is 5.75 Å². The number of nitrogens with one attached hydrogen (secondary N) is 1. The highest BCUT2D eigenvalue weighted by Gasteiger charge is 2.17. The van der Waals surface area contributed by atoms with Crippen LogP contribution in [0.4, 0.5) is 5.69 Å². The molecule has 0 aliphatic rings. The van der Waals surface area contributed by atoms with Gasteiger partial charge in [-0.3, -0.25) is 0 Å². The monoisotopic (exact) mass is 270 g/mol. The van der Waals surface area contributed by atoms with E-state index in [9.17, 15) is 5.11 Å². The maximum Gasteiger partial charge on any atom is 0.117 e. The number of phenols is 1. The molecule has 0 aliphatic carbocycles. The van der Waals surface area contributed by atoms with Crippen LogP contribution in [-0.4, -0.2) is 25.7 Å². The Balaban J connectivity index is 2.26. The molecule has 3 nitrogen and oxygen atoms in total. The predicted molar refractivity (Wildman–Crippen MR) is 84.2 cm³/mol. The zero-order valence-corrected chi connectivity index (χ0v) is 12.1. The number of hydrogen-bond donors (Lipinski definition) is 2. The first-order valence-electron chi connectivity index (χ1n) is 6.94. The molecule has 0 aliphatic heterocycles. The quantitative estimate of drug-likeness (QED) is 0.846. The number of anilines is 1. The number of benzene rings is 2. The molecule has 0 saturated carbocycles. The van der Waals surface area contributed by atoms with Gasteiger partial charge in [0.25, 0.3) is 0 Å². The van der Waals surface area contributed by atoms with Crippen LogP contribution in [0.2, 0.25) is 0 Å². The number of hydrogen-bond acceptors (Lipinski definition) is 3. The van der Waals surface area contributed by atoms with Gasteiger partial charge in [0.2, 0.25) is 0 Å². The molecule has 0 fully saturated rings. The summed E-state index contributed by atoms with van der Waals surface area (Å²) in [5.74, 6) is 0.301. The van der Waals surface area contributed by atoms with E-state index in [-0.39, 0.29) is 6.04 Å². The van der Waals surface area contributed by atoms with Crippen LogP contribution in [0.15, 0.2) is 54.6 Å². The number of nitrogens with zero attached hydrogens (tertiary/aromatic N) is 1. The van der Waals surface area contributed by atoms with E-state index in [1.807, 2.05) is 25.2 Å². The van der Waals surface area contributed by atoms with Gasteiger partial charge in [-0.15, -0.1) is 0 Å². The van der Waals surface area contributed by atoms with Crippen molar-refractivity contribution in [3.05, 3.63) is 60.2 Å². The first-order chi connectivity index (χ1) is 9.72. The zero-order chi connectivity index (χ0) is 14.4. The van der Waals surface area contributed by atoms with Gasteiger partial charge < -0.3 is 15.3 Å². The van der Waals surface area contributed by atoms with Crippen LogP contribution in [0, 0.1) is 0 Å². The summed E-state index contributed by atoms with van der Waals surface area (Å²) >= 11 is 0. The summed E-state index contributed by atoms with van der Waals surface area (Å²) in [5.41, 5.74) is 2.31. The SMILES string of the molecule is CNCCC(c1ccccc1)N(C)c1cccc(O)c1. The van der Waals surface area contributed by atoms with E-state index in [0.717, 1.165) is 18.7 Å². The first-order valence-corrected chi connectivity index (χ1v) is 6.94. The minimum Gasteiger partial charge on any atom is -0.508 e. The standard InChI is InChI=1S/C17H22N2O/c1-18-12-11-17(14-7-4-3-5-8-14)19(2)15-9-6-10-16(20)13-15/h3-10,13,17-18,20H,11-12H2,1-2H3. The highest BCUT2D eigenvalue weighted by Crippen LogP contribution is 2.29. The van der Waals surface area contributed by atoms with Crippen molar-refractivity contribution >= 4 is 5.69 Å². The van der Waals surface area contributed by atoms with Crippen molar-refractivity contribution in [1.82, 2.24) is 5.32 Å². The van der Waals surface area contributed by atoms with Gasteiger partial charge >= 0.3 is 0 Å². The molecule has 3 heteroatoms. The smallest absolute Gasteiger partial charge is 0.117 e. The van der Waals surface area contributed by atoms with Crippen molar-refractivity contribution in [2.24, 2.45) is 0 Å². The van der Waals surface area contributed by atoms with Crippen molar-refractivity contribution in [3.63, 3.8) is 0 Å². The predicted octanol–water partition coefficient (Wildman–Crippen LogP) is 3.18. The Bertz CT molecular complexity index is 528. The number of phenolic OH excluding ortho intramolecular Hbond substituents is 1. The summed E-state index contributed by atoms with van der Waals surface area (Å²) in [5, 5.41) is 12.9. The topological polar surface area (TPSA) is 35.5 Å². The average molecular weight is 270 g/mol. The van der Waals surface area contributed by atoms with Crippen LogP contribution >= 0.6 is 0 Å². The van der Waals surface area contributed by atoms with Crippen LogP contribution in [0.3, 0.4) is 0 Å². The summed E-state index contributed by atoms with van der Waals surface area (Å²) in [6.45, 7) is 0.947. The Hall–Kier alpha value is -2.00. The van der Waals surface area contributed by atoms with Crippen LogP contribution in [-0.2, 0) is 0 Å². The van der Waals surface area contributed by atoms with Crippen LogP contribution < -0.4 is 10.2 Å². The second kappa shape index (κ2) is 6.96.